The summed E-state index contributed by atoms with van der Waals surface area (Å²) in [4.78, 5) is 13.5. The van der Waals surface area contributed by atoms with Gasteiger partial charge in [0, 0.05) is 16.2 Å². The van der Waals surface area contributed by atoms with Gasteiger partial charge in [0.1, 0.15) is 0 Å². The first-order valence-electron chi connectivity index (χ1n) is 8.03. The van der Waals surface area contributed by atoms with Crippen LogP contribution in [-0.4, -0.2) is 29.8 Å². The number of carbonyl (C=O) groups is 1. The molecule has 3 rings (SSSR count). The summed E-state index contributed by atoms with van der Waals surface area (Å²) in [6, 6.07) is 10.6. The van der Waals surface area contributed by atoms with E-state index in [1.165, 1.54) is 30.6 Å². The predicted molar refractivity (Wildman–Crippen MR) is 94.8 cm³/mol. The molecular formula is C17H25ClN2OS. The van der Waals surface area contributed by atoms with Crippen molar-refractivity contribution >= 4 is 30.1 Å². The zero-order valence-corrected chi connectivity index (χ0v) is 14.5. The van der Waals surface area contributed by atoms with E-state index in [2.05, 4.69) is 41.0 Å². The van der Waals surface area contributed by atoms with Gasteiger partial charge in [-0.3, -0.25) is 4.79 Å². The number of amides is 1. The van der Waals surface area contributed by atoms with Crippen LogP contribution in [0.1, 0.15) is 38.5 Å². The second-order valence-corrected chi connectivity index (χ2v) is 7.71. The molecule has 1 amide bonds. The Bertz CT molecular complexity index is 471. The molecule has 0 aromatic heterocycles. The van der Waals surface area contributed by atoms with Crippen LogP contribution < -0.4 is 10.6 Å². The minimum absolute atomic E-state index is 0. The predicted octanol–water partition coefficient (Wildman–Crippen LogP) is 3.38. The number of hydrogen-bond acceptors (Lipinski definition) is 3. The maximum Gasteiger partial charge on any atom is 0.237 e. The number of carbonyl (C=O) groups excluding carboxylic acids is 1. The van der Waals surface area contributed by atoms with Gasteiger partial charge in [-0.2, -0.15) is 0 Å². The molecule has 0 spiro atoms. The second-order valence-electron chi connectivity index (χ2n) is 6.17. The van der Waals surface area contributed by atoms with Crippen molar-refractivity contribution in [3.63, 3.8) is 0 Å². The molecule has 1 aliphatic carbocycles. The van der Waals surface area contributed by atoms with Gasteiger partial charge in [-0.15, -0.1) is 24.2 Å². The van der Waals surface area contributed by atoms with Crippen LogP contribution in [0, 0.1) is 0 Å². The standard InChI is InChI=1S/C17H24N2OS.ClH/c20-16(15-9-6-12-18-15)19-13-17(10-4-5-11-17)21-14-7-2-1-3-8-14;/h1-3,7-8,15,18H,4-6,9-13H2,(H,19,20);1H. The molecule has 0 bridgehead atoms. The van der Waals surface area contributed by atoms with Gasteiger partial charge in [-0.25, -0.2) is 0 Å². The number of thioether (sulfide) groups is 1. The molecule has 1 atom stereocenters. The van der Waals surface area contributed by atoms with Crippen molar-refractivity contribution in [2.24, 2.45) is 0 Å². The first kappa shape index (κ1) is 17.6. The summed E-state index contributed by atoms with van der Waals surface area (Å²) in [6.07, 6.45) is 7.04. The first-order valence-corrected chi connectivity index (χ1v) is 8.84. The topological polar surface area (TPSA) is 41.1 Å². The summed E-state index contributed by atoms with van der Waals surface area (Å²) in [7, 11) is 0. The lowest BCUT2D eigenvalue weighted by Gasteiger charge is -2.29. The van der Waals surface area contributed by atoms with Gasteiger partial charge in [0.25, 0.3) is 0 Å². The third-order valence-corrected chi connectivity index (χ3v) is 6.05. The summed E-state index contributed by atoms with van der Waals surface area (Å²) in [5.74, 6) is 0.187. The van der Waals surface area contributed by atoms with E-state index in [1.807, 2.05) is 11.8 Å². The van der Waals surface area contributed by atoms with Gasteiger partial charge in [0.05, 0.1) is 6.04 Å². The van der Waals surface area contributed by atoms with Crippen LogP contribution in [0.15, 0.2) is 35.2 Å². The molecule has 22 heavy (non-hydrogen) atoms. The lowest BCUT2D eigenvalue weighted by atomic mass is 10.1. The largest absolute Gasteiger partial charge is 0.353 e. The van der Waals surface area contributed by atoms with E-state index in [1.54, 1.807) is 0 Å². The molecule has 1 unspecified atom stereocenters. The van der Waals surface area contributed by atoms with Crippen LogP contribution in [-0.2, 0) is 4.79 Å². The van der Waals surface area contributed by atoms with E-state index in [0.717, 1.165) is 25.9 Å². The van der Waals surface area contributed by atoms with Gasteiger partial charge in [0.15, 0.2) is 0 Å². The molecule has 1 aromatic rings. The van der Waals surface area contributed by atoms with E-state index < -0.39 is 0 Å². The Balaban J connectivity index is 0.00000176. The third-order valence-electron chi connectivity index (χ3n) is 4.55. The highest BCUT2D eigenvalue weighted by molar-refractivity contribution is 8.00. The Labute approximate surface area is 143 Å². The second kappa shape index (κ2) is 8.23. The van der Waals surface area contributed by atoms with Crippen LogP contribution in [0.2, 0.25) is 0 Å². The Hall–Kier alpha value is -0.710. The quantitative estimate of drug-likeness (QED) is 0.863. The zero-order valence-electron chi connectivity index (χ0n) is 12.8. The van der Waals surface area contributed by atoms with Crippen molar-refractivity contribution in [3.05, 3.63) is 30.3 Å². The van der Waals surface area contributed by atoms with Gasteiger partial charge in [0.2, 0.25) is 5.91 Å². The lowest BCUT2D eigenvalue weighted by molar-refractivity contribution is -0.122. The average molecular weight is 341 g/mol. The SMILES string of the molecule is Cl.O=C(NCC1(Sc2ccccc2)CCCC1)C1CCCN1. The van der Waals surface area contributed by atoms with E-state index in [4.69, 9.17) is 0 Å². The lowest BCUT2D eigenvalue weighted by Crippen LogP contribution is -2.45. The van der Waals surface area contributed by atoms with Crippen LogP contribution in [0.25, 0.3) is 0 Å². The maximum atomic E-state index is 12.2. The fraction of sp³-hybridized carbons (Fsp3) is 0.588. The van der Waals surface area contributed by atoms with Crippen LogP contribution in [0.3, 0.4) is 0 Å². The maximum absolute atomic E-state index is 12.2. The number of rotatable bonds is 5. The third kappa shape index (κ3) is 4.40. The van der Waals surface area contributed by atoms with Crippen molar-refractivity contribution in [1.29, 1.82) is 0 Å². The van der Waals surface area contributed by atoms with E-state index in [9.17, 15) is 4.79 Å². The smallest absolute Gasteiger partial charge is 0.237 e. The molecule has 0 radical (unpaired) electrons. The zero-order chi connectivity index (χ0) is 14.5. The van der Waals surface area contributed by atoms with Crippen molar-refractivity contribution in [3.8, 4) is 0 Å². The number of halogens is 1. The van der Waals surface area contributed by atoms with Gasteiger partial charge in [-0.05, 0) is 44.4 Å². The monoisotopic (exact) mass is 340 g/mol. The Morgan fingerprint density at radius 2 is 1.95 bits per heavy atom. The van der Waals surface area contributed by atoms with Crippen molar-refractivity contribution in [2.75, 3.05) is 13.1 Å². The summed E-state index contributed by atoms with van der Waals surface area (Å²) < 4.78 is 0.190. The molecule has 1 saturated heterocycles. The fourth-order valence-electron chi connectivity index (χ4n) is 3.35. The minimum Gasteiger partial charge on any atom is -0.353 e. The van der Waals surface area contributed by atoms with Gasteiger partial charge in [-0.1, -0.05) is 31.0 Å². The molecule has 1 aromatic carbocycles. The Morgan fingerprint density at radius 3 is 2.59 bits per heavy atom. The van der Waals surface area contributed by atoms with Crippen molar-refractivity contribution < 1.29 is 4.79 Å². The molecule has 3 nitrogen and oxygen atoms in total. The molecule has 1 heterocycles. The highest BCUT2D eigenvalue weighted by Crippen LogP contribution is 2.44. The van der Waals surface area contributed by atoms with Crippen molar-refractivity contribution in [1.82, 2.24) is 10.6 Å². The first-order chi connectivity index (χ1) is 10.3. The van der Waals surface area contributed by atoms with Crippen LogP contribution in [0.5, 0.6) is 0 Å². The number of benzene rings is 1. The Morgan fingerprint density at radius 1 is 1.23 bits per heavy atom. The molecular weight excluding hydrogens is 316 g/mol. The summed E-state index contributed by atoms with van der Waals surface area (Å²) >= 11 is 1.95. The number of nitrogens with one attached hydrogen (secondary N) is 2. The number of hydrogen-bond donors (Lipinski definition) is 2. The summed E-state index contributed by atoms with van der Waals surface area (Å²) in [5.41, 5.74) is 0. The van der Waals surface area contributed by atoms with E-state index in [0.29, 0.717) is 0 Å². The Kier molecular flexibility index (Phi) is 6.60. The van der Waals surface area contributed by atoms with Gasteiger partial charge >= 0.3 is 0 Å². The molecule has 1 saturated carbocycles. The van der Waals surface area contributed by atoms with Gasteiger partial charge < -0.3 is 10.6 Å². The molecule has 2 aliphatic rings. The average Bonchev–Trinajstić information content (AvgIpc) is 3.18. The fourth-order valence-corrected chi connectivity index (χ4v) is 4.78. The molecule has 2 N–H and O–H groups in total. The molecule has 5 heteroatoms. The summed E-state index contributed by atoms with van der Waals surface area (Å²) in [6.45, 7) is 1.77. The van der Waals surface area contributed by atoms with E-state index >= 15 is 0 Å². The normalized spacial score (nSPS) is 23.0. The molecule has 122 valence electrons. The highest BCUT2D eigenvalue weighted by atomic mass is 35.5. The summed E-state index contributed by atoms with van der Waals surface area (Å²) in [5, 5.41) is 6.48. The molecule has 1 aliphatic heterocycles. The van der Waals surface area contributed by atoms with Crippen molar-refractivity contribution in [2.45, 2.75) is 54.2 Å². The van der Waals surface area contributed by atoms with Crippen LogP contribution >= 0.6 is 24.2 Å². The van der Waals surface area contributed by atoms with Crippen LogP contribution in [0.4, 0.5) is 0 Å². The molecule has 2 fully saturated rings. The minimum atomic E-state index is 0. The highest BCUT2D eigenvalue weighted by Gasteiger charge is 2.36. The van der Waals surface area contributed by atoms with E-state index in [-0.39, 0.29) is 29.1 Å².